The van der Waals surface area contributed by atoms with Crippen LogP contribution in [-0.2, 0) is 15.7 Å². The van der Waals surface area contributed by atoms with Crippen LogP contribution in [0.1, 0.15) is 12.5 Å². The van der Waals surface area contributed by atoms with Gasteiger partial charge in [0.1, 0.15) is 5.69 Å². The summed E-state index contributed by atoms with van der Waals surface area (Å²) in [5.41, 5.74) is -0.997. The second kappa shape index (κ2) is 6.50. The highest BCUT2D eigenvalue weighted by molar-refractivity contribution is 5.70. The van der Waals surface area contributed by atoms with Crippen molar-refractivity contribution in [3.05, 3.63) is 23.9 Å². The van der Waals surface area contributed by atoms with E-state index in [1.807, 2.05) is 0 Å². The zero-order chi connectivity index (χ0) is 17.0. The van der Waals surface area contributed by atoms with Gasteiger partial charge in [0.25, 0.3) is 0 Å². The fraction of sp³-hybridized carbons (Fsp3) is 0.333. The Balaban J connectivity index is 2.13. The first-order valence-electron chi connectivity index (χ1n) is 6.29. The highest BCUT2D eigenvalue weighted by atomic mass is 19.4. The van der Waals surface area contributed by atoms with E-state index in [-0.39, 0.29) is 29.0 Å². The Morgan fingerprint density at radius 3 is 2.70 bits per heavy atom. The molecule has 0 amide bonds. The molecule has 0 saturated carbocycles. The van der Waals surface area contributed by atoms with Crippen molar-refractivity contribution in [1.29, 1.82) is 0 Å². The maximum atomic E-state index is 12.5. The summed E-state index contributed by atoms with van der Waals surface area (Å²) in [4.78, 5) is 18.7. The van der Waals surface area contributed by atoms with Crippen LogP contribution >= 0.6 is 0 Å². The van der Waals surface area contributed by atoms with Crippen molar-refractivity contribution in [3.63, 3.8) is 0 Å². The Morgan fingerprint density at radius 1 is 1.39 bits per heavy atom. The molecule has 0 aliphatic rings. The van der Waals surface area contributed by atoms with E-state index < -0.39 is 24.3 Å². The van der Waals surface area contributed by atoms with E-state index in [1.54, 1.807) is 6.92 Å². The van der Waals surface area contributed by atoms with Crippen LogP contribution in [0.25, 0.3) is 11.5 Å². The van der Waals surface area contributed by atoms with Crippen LogP contribution in [0, 0.1) is 0 Å². The second-order valence-corrected chi connectivity index (χ2v) is 4.13. The van der Waals surface area contributed by atoms with Gasteiger partial charge in [-0.2, -0.15) is 18.2 Å². The minimum atomic E-state index is -4.52. The minimum Gasteiger partial charge on any atom is -0.463 e. The number of hydrogen-bond donors (Lipinski definition) is 1. The van der Waals surface area contributed by atoms with Crippen molar-refractivity contribution in [3.8, 4) is 17.5 Å². The summed E-state index contributed by atoms with van der Waals surface area (Å²) < 4.78 is 46.9. The Labute approximate surface area is 127 Å². The molecule has 0 radical (unpaired) electrons. The summed E-state index contributed by atoms with van der Waals surface area (Å²) in [5.74, 6) is -0.895. The molecule has 0 spiro atoms. The predicted molar refractivity (Wildman–Crippen MR) is 67.6 cm³/mol. The highest BCUT2D eigenvalue weighted by Crippen LogP contribution is 2.29. The van der Waals surface area contributed by atoms with Crippen LogP contribution in [0.2, 0.25) is 0 Å². The van der Waals surface area contributed by atoms with Crippen molar-refractivity contribution < 1.29 is 32.6 Å². The molecule has 8 nitrogen and oxygen atoms in total. The number of nitrogens with zero attached hydrogens (tertiary/aromatic N) is 4. The van der Waals surface area contributed by atoms with Gasteiger partial charge in [-0.05, 0) is 19.1 Å². The summed E-state index contributed by atoms with van der Waals surface area (Å²) in [6, 6.07) is 1.46. The standard InChI is InChI=1S/C12H11F3N4O4/c1-2-22-9(20)6-23-11-17-10(19(21)18-11)8-4-3-7(5-16-8)12(13,14)15/h3-5,21H,2,6H2,1H3. The van der Waals surface area contributed by atoms with Crippen molar-refractivity contribution in [2.75, 3.05) is 13.2 Å². The van der Waals surface area contributed by atoms with E-state index in [2.05, 4.69) is 19.8 Å². The lowest BCUT2D eigenvalue weighted by Gasteiger charge is -2.05. The van der Waals surface area contributed by atoms with Gasteiger partial charge < -0.3 is 14.7 Å². The Morgan fingerprint density at radius 2 is 2.13 bits per heavy atom. The highest BCUT2D eigenvalue weighted by Gasteiger charge is 2.31. The molecule has 23 heavy (non-hydrogen) atoms. The molecule has 0 aliphatic carbocycles. The minimum absolute atomic E-state index is 0.0565. The molecule has 2 aromatic rings. The number of carbonyl (C=O) groups excluding carboxylic acids is 1. The van der Waals surface area contributed by atoms with E-state index in [4.69, 9.17) is 4.74 Å². The van der Waals surface area contributed by atoms with Gasteiger partial charge in [0, 0.05) is 6.20 Å². The third-order valence-corrected chi connectivity index (χ3v) is 2.52. The number of hydrogen-bond acceptors (Lipinski definition) is 7. The topological polar surface area (TPSA) is 99.4 Å². The Kier molecular flexibility index (Phi) is 4.67. The largest absolute Gasteiger partial charge is 0.463 e. The molecule has 2 rings (SSSR count). The predicted octanol–water partition coefficient (Wildman–Crippen LogP) is 1.54. The number of alkyl halides is 3. The molecule has 0 fully saturated rings. The van der Waals surface area contributed by atoms with E-state index in [1.165, 1.54) is 0 Å². The number of pyridine rings is 1. The lowest BCUT2D eigenvalue weighted by Crippen LogP contribution is -2.15. The molecule has 0 unspecified atom stereocenters. The van der Waals surface area contributed by atoms with E-state index in [9.17, 15) is 23.2 Å². The Hall–Kier alpha value is -2.85. The summed E-state index contributed by atoms with van der Waals surface area (Å²) in [5, 5.41) is 13.0. The number of carbonyl (C=O) groups is 1. The normalized spacial score (nSPS) is 11.3. The maximum Gasteiger partial charge on any atom is 0.417 e. The fourth-order valence-corrected chi connectivity index (χ4v) is 1.53. The van der Waals surface area contributed by atoms with Gasteiger partial charge in [0.05, 0.1) is 12.2 Å². The van der Waals surface area contributed by atoms with Crippen LogP contribution in [0.3, 0.4) is 0 Å². The third-order valence-electron chi connectivity index (χ3n) is 2.52. The molecule has 0 bridgehead atoms. The molecule has 0 aliphatic heterocycles. The lowest BCUT2D eigenvalue weighted by atomic mass is 10.2. The number of ether oxygens (including phenoxy) is 2. The quantitative estimate of drug-likeness (QED) is 0.655. The third kappa shape index (κ3) is 4.08. The molecule has 0 aromatic carbocycles. The number of rotatable bonds is 5. The number of esters is 1. The SMILES string of the molecule is CCOC(=O)COc1nc(-c2ccc(C(F)(F)F)cn2)n(O)n1. The monoisotopic (exact) mass is 332 g/mol. The first kappa shape index (κ1) is 16.5. The van der Waals surface area contributed by atoms with Crippen LogP contribution in [0.4, 0.5) is 13.2 Å². The van der Waals surface area contributed by atoms with Gasteiger partial charge >= 0.3 is 18.2 Å². The second-order valence-electron chi connectivity index (χ2n) is 4.13. The zero-order valence-electron chi connectivity index (χ0n) is 11.7. The molecule has 2 heterocycles. The molecular weight excluding hydrogens is 321 g/mol. The summed E-state index contributed by atoms with van der Waals surface area (Å²) in [7, 11) is 0. The first-order chi connectivity index (χ1) is 10.8. The van der Waals surface area contributed by atoms with Gasteiger partial charge in [-0.3, -0.25) is 4.98 Å². The van der Waals surface area contributed by atoms with Crippen LogP contribution in [0.15, 0.2) is 18.3 Å². The van der Waals surface area contributed by atoms with Crippen molar-refractivity contribution in [2.24, 2.45) is 0 Å². The van der Waals surface area contributed by atoms with Crippen molar-refractivity contribution in [1.82, 2.24) is 19.9 Å². The molecule has 1 N–H and O–H groups in total. The summed E-state index contributed by atoms with van der Waals surface area (Å²) in [6.07, 6.45) is -3.92. The van der Waals surface area contributed by atoms with E-state index in [0.717, 1.165) is 12.1 Å². The molecule has 0 saturated heterocycles. The first-order valence-corrected chi connectivity index (χ1v) is 6.29. The lowest BCUT2D eigenvalue weighted by molar-refractivity contribution is -0.145. The molecule has 124 valence electrons. The average Bonchev–Trinajstić information content (AvgIpc) is 2.86. The zero-order valence-corrected chi connectivity index (χ0v) is 11.7. The van der Waals surface area contributed by atoms with Gasteiger partial charge in [0.15, 0.2) is 6.61 Å². The van der Waals surface area contributed by atoms with Gasteiger partial charge in [-0.1, -0.05) is 9.94 Å². The van der Waals surface area contributed by atoms with Crippen molar-refractivity contribution >= 4 is 5.97 Å². The van der Waals surface area contributed by atoms with Gasteiger partial charge in [-0.15, -0.1) is 0 Å². The van der Waals surface area contributed by atoms with Crippen molar-refractivity contribution in [2.45, 2.75) is 13.1 Å². The Bertz CT molecular complexity index is 685. The van der Waals surface area contributed by atoms with Crippen LogP contribution in [0.5, 0.6) is 6.01 Å². The van der Waals surface area contributed by atoms with Gasteiger partial charge in [0.2, 0.25) is 5.82 Å². The summed E-state index contributed by atoms with van der Waals surface area (Å²) >= 11 is 0. The number of halogens is 3. The van der Waals surface area contributed by atoms with Crippen LogP contribution in [-0.4, -0.2) is 44.3 Å². The average molecular weight is 332 g/mol. The van der Waals surface area contributed by atoms with E-state index >= 15 is 0 Å². The molecular formula is C12H11F3N4O4. The molecule has 0 atom stereocenters. The molecule has 11 heteroatoms. The molecule has 2 aromatic heterocycles. The van der Waals surface area contributed by atoms with E-state index in [0.29, 0.717) is 6.20 Å². The van der Waals surface area contributed by atoms with Crippen LogP contribution < -0.4 is 4.74 Å². The number of aromatic nitrogens is 4. The van der Waals surface area contributed by atoms with Gasteiger partial charge in [-0.25, -0.2) is 4.79 Å². The summed E-state index contributed by atoms with van der Waals surface area (Å²) in [6.45, 7) is 1.31. The maximum absolute atomic E-state index is 12.5. The fourth-order valence-electron chi connectivity index (χ4n) is 1.53. The smallest absolute Gasteiger partial charge is 0.417 e.